The van der Waals surface area contributed by atoms with Crippen LogP contribution in [0.4, 0.5) is 5.69 Å². The van der Waals surface area contributed by atoms with Crippen LogP contribution in [0.25, 0.3) is 0 Å². The largest absolute Gasteiger partial charge is 0.497 e. The van der Waals surface area contributed by atoms with Crippen LogP contribution in [0.1, 0.15) is 21.5 Å². The summed E-state index contributed by atoms with van der Waals surface area (Å²) in [4.78, 5) is 23.9. The molecule has 0 fully saturated rings. The molecule has 0 unspecified atom stereocenters. The zero-order chi connectivity index (χ0) is 16.8. The Labute approximate surface area is 135 Å². The monoisotopic (exact) mass is 313 g/mol. The fourth-order valence-electron chi connectivity index (χ4n) is 2.10. The van der Waals surface area contributed by atoms with Crippen molar-refractivity contribution in [2.45, 2.75) is 13.8 Å². The molecule has 0 radical (unpaired) electrons. The van der Waals surface area contributed by atoms with Crippen molar-refractivity contribution in [3.05, 3.63) is 59.2 Å². The Hall–Kier alpha value is -2.82. The first-order chi connectivity index (χ1) is 11.0. The molecule has 0 aromatic heterocycles. The molecule has 0 spiro atoms. The predicted molar refractivity (Wildman–Crippen MR) is 87.8 cm³/mol. The second-order valence-electron chi connectivity index (χ2n) is 5.12. The maximum Gasteiger partial charge on any atom is 0.338 e. The molecule has 2 rings (SSSR count). The van der Waals surface area contributed by atoms with Gasteiger partial charge in [0.2, 0.25) is 0 Å². The van der Waals surface area contributed by atoms with Crippen molar-refractivity contribution < 1.29 is 19.1 Å². The second-order valence-corrected chi connectivity index (χ2v) is 5.12. The van der Waals surface area contributed by atoms with E-state index in [1.54, 1.807) is 38.3 Å². The fraction of sp³-hybridized carbons (Fsp3) is 0.222. The molecule has 2 aromatic rings. The van der Waals surface area contributed by atoms with E-state index < -0.39 is 5.97 Å². The van der Waals surface area contributed by atoms with Crippen molar-refractivity contribution in [1.82, 2.24) is 0 Å². The molecule has 0 heterocycles. The van der Waals surface area contributed by atoms with Crippen LogP contribution in [-0.4, -0.2) is 25.6 Å². The number of carbonyl (C=O) groups excluding carboxylic acids is 2. The van der Waals surface area contributed by atoms with E-state index in [-0.39, 0.29) is 12.5 Å². The quantitative estimate of drug-likeness (QED) is 0.861. The molecular weight excluding hydrogens is 294 g/mol. The Bertz CT molecular complexity index is 725. The third-order valence-electron chi connectivity index (χ3n) is 3.41. The number of rotatable bonds is 5. The summed E-state index contributed by atoms with van der Waals surface area (Å²) in [5.74, 6) is -0.250. The van der Waals surface area contributed by atoms with Crippen LogP contribution in [0.3, 0.4) is 0 Å². The van der Waals surface area contributed by atoms with Crippen molar-refractivity contribution in [2.24, 2.45) is 0 Å². The number of amides is 1. The minimum atomic E-state index is -0.537. The molecule has 120 valence electrons. The molecule has 0 saturated heterocycles. The lowest BCUT2D eigenvalue weighted by atomic mass is 10.1. The van der Waals surface area contributed by atoms with Crippen molar-refractivity contribution in [3.63, 3.8) is 0 Å². The van der Waals surface area contributed by atoms with E-state index in [0.29, 0.717) is 17.0 Å². The fourth-order valence-corrected chi connectivity index (χ4v) is 2.10. The van der Waals surface area contributed by atoms with Gasteiger partial charge in [0, 0.05) is 5.69 Å². The highest BCUT2D eigenvalue weighted by Gasteiger charge is 2.13. The Morgan fingerprint density at radius 2 is 1.78 bits per heavy atom. The van der Waals surface area contributed by atoms with Gasteiger partial charge in [-0.2, -0.15) is 0 Å². The predicted octanol–water partition coefficient (Wildman–Crippen LogP) is 3.11. The molecule has 5 nitrogen and oxygen atoms in total. The number of esters is 1. The summed E-state index contributed by atoms with van der Waals surface area (Å²) in [7, 11) is 1.56. The first-order valence-electron chi connectivity index (χ1n) is 7.18. The molecule has 0 aliphatic heterocycles. The first kappa shape index (κ1) is 16.5. The Kier molecular flexibility index (Phi) is 5.36. The van der Waals surface area contributed by atoms with Gasteiger partial charge < -0.3 is 14.8 Å². The highest BCUT2D eigenvalue weighted by atomic mass is 16.5. The molecule has 1 amide bonds. The van der Waals surface area contributed by atoms with Crippen LogP contribution in [0, 0.1) is 13.8 Å². The molecule has 0 atom stereocenters. The average Bonchev–Trinajstić information content (AvgIpc) is 2.54. The van der Waals surface area contributed by atoms with Crippen LogP contribution in [-0.2, 0) is 9.53 Å². The van der Waals surface area contributed by atoms with Crippen LogP contribution in [0.5, 0.6) is 5.75 Å². The molecule has 0 aliphatic carbocycles. The maximum atomic E-state index is 12.0. The lowest BCUT2D eigenvalue weighted by molar-refractivity contribution is -0.119. The number of ether oxygens (including phenoxy) is 2. The Balaban J connectivity index is 1.94. The molecule has 0 aliphatic rings. The first-order valence-corrected chi connectivity index (χ1v) is 7.18. The Morgan fingerprint density at radius 1 is 1.04 bits per heavy atom. The Morgan fingerprint density at radius 3 is 2.43 bits per heavy atom. The highest BCUT2D eigenvalue weighted by molar-refractivity contribution is 5.96. The molecule has 23 heavy (non-hydrogen) atoms. The molecule has 0 bridgehead atoms. The smallest absolute Gasteiger partial charge is 0.338 e. The summed E-state index contributed by atoms with van der Waals surface area (Å²) in [5.41, 5.74) is 2.79. The summed E-state index contributed by atoms with van der Waals surface area (Å²) in [6.07, 6.45) is 0. The molecule has 1 N–H and O–H groups in total. The van der Waals surface area contributed by atoms with Crippen molar-refractivity contribution in [2.75, 3.05) is 19.0 Å². The topological polar surface area (TPSA) is 64.6 Å². The van der Waals surface area contributed by atoms with Crippen molar-refractivity contribution in [1.29, 1.82) is 0 Å². The van der Waals surface area contributed by atoms with Crippen molar-refractivity contribution in [3.8, 4) is 5.75 Å². The van der Waals surface area contributed by atoms with Crippen LogP contribution in [0.15, 0.2) is 42.5 Å². The van der Waals surface area contributed by atoms with Gasteiger partial charge in [-0.25, -0.2) is 4.79 Å². The third-order valence-corrected chi connectivity index (χ3v) is 3.41. The molecule has 0 saturated carbocycles. The zero-order valence-electron chi connectivity index (χ0n) is 13.4. The van der Waals surface area contributed by atoms with Gasteiger partial charge in [-0.3, -0.25) is 4.79 Å². The van der Waals surface area contributed by atoms with Crippen LogP contribution in [0.2, 0.25) is 0 Å². The molecular formula is C18H19NO4. The summed E-state index contributed by atoms with van der Waals surface area (Å²) >= 11 is 0. The van der Waals surface area contributed by atoms with Crippen LogP contribution < -0.4 is 10.1 Å². The van der Waals surface area contributed by atoms with E-state index in [0.717, 1.165) is 11.1 Å². The lowest BCUT2D eigenvalue weighted by Crippen LogP contribution is -2.21. The lowest BCUT2D eigenvalue weighted by Gasteiger charge is -2.10. The van der Waals surface area contributed by atoms with Gasteiger partial charge in [0.1, 0.15) is 5.75 Å². The molecule has 2 aromatic carbocycles. The average molecular weight is 313 g/mol. The van der Waals surface area contributed by atoms with E-state index in [1.165, 1.54) is 0 Å². The number of benzene rings is 2. The number of carbonyl (C=O) groups is 2. The standard InChI is InChI=1S/C18H19NO4/c1-12-6-4-5-7-16(12)19-17(20)11-23-18(21)15-9-8-14(22-3)10-13(15)2/h4-10H,11H2,1-3H3,(H,19,20). The SMILES string of the molecule is COc1ccc(C(=O)OCC(=O)Nc2ccccc2C)c(C)c1. The zero-order valence-corrected chi connectivity index (χ0v) is 13.4. The van der Waals surface area contributed by atoms with Gasteiger partial charge in [-0.1, -0.05) is 18.2 Å². The summed E-state index contributed by atoms with van der Waals surface area (Å²) in [6, 6.07) is 12.4. The number of hydrogen-bond acceptors (Lipinski definition) is 4. The van der Waals surface area contributed by atoms with Gasteiger partial charge in [-0.05, 0) is 49.2 Å². The van der Waals surface area contributed by atoms with E-state index in [4.69, 9.17) is 9.47 Å². The van der Waals surface area contributed by atoms with Crippen LogP contribution >= 0.6 is 0 Å². The number of aryl methyl sites for hydroxylation is 2. The second kappa shape index (κ2) is 7.45. The highest BCUT2D eigenvalue weighted by Crippen LogP contribution is 2.18. The number of methoxy groups -OCH3 is 1. The van der Waals surface area contributed by atoms with E-state index >= 15 is 0 Å². The van der Waals surface area contributed by atoms with E-state index in [1.807, 2.05) is 25.1 Å². The van der Waals surface area contributed by atoms with Crippen molar-refractivity contribution >= 4 is 17.6 Å². The number of nitrogens with one attached hydrogen (secondary N) is 1. The van der Waals surface area contributed by atoms with Gasteiger partial charge in [0.25, 0.3) is 5.91 Å². The number of para-hydroxylation sites is 1. The van der Waals surface area contributed by atoms with Gasteiger partial charge in [0.15, 0.2) is 6.61 Å². The summed E-state index contributed by atoms with van der Waals surface area (Å²) in [6.45, 7) is 3.34. The van der Waals surface area contributed by atoms with Gasteiger partial charge in [-0.15, -0.1) is 0 Å². The van der Waals surface area contributed by atoms with E-state index in [9.17, 15) is 9.59 Å². The summed E-state index contributed by atoms with van der Waals surface area (Å²) in [5, 5.41) is 2.71. The summed E-state index contributed by atoms with van der Waals surface area (Å²) < 4.78 is 10.2. The van der Waals surface area contributed by atoms with Gasteiger partial charge in [0.05, 0.1) is 12.7 Å². The number of anilines is 1. The maximum absolute atomic E-state index is 12.0. The van der Waals surface area contributed by atoms with E-state index in [2.05, 4.69) is 5.32 Å². The third kappa shape index (κ3) is 4.32. The van der Waals surface area contributed by atoms with Gasteiger partial charge >= 0.3 is 5.97 Å². The molecule has 5 heteroatoms. The minimum Gasteiger partial charge on any atom is -0.497 e. The number of hydrogen-bond donors (Lipinski definition) is 1. The normalized spacial score (nSPS) is 10.0. The minimum absolute atomic E-state index is 0.335.